The molecule has 8 heteroatoms. The van der Waals surface area contributed by atoms with Crippen LogP contribution in [0.2, 0.25) is 0 Å². The number of nitrogens with zero attached hydrogens (tertiary/aromatic N) is 3. The summed E-state index contributed by atoms with van der Waals surface area (Å²) in [5.74, 6) is 1.75. The Morgan fingerprint density at radius 2 is 2.04 bits per heavy atom. The van der Waals surface area contributed by atoms with E-state index < -0.39 is 0 Å². The van der Waals surface area contributed by atoms with Crippen LogP contribution in [0.4, 0.5) is 0 Å². The highest BCUT2D eigenvalue weighted by Gasteiger charge is 2.19. The minimum Gasteiger partial charge on any atom is -0.497 e. The van der Waals surface area contributed by atoms with Crippen LogP contribution in [0, 0.1) is 0 Å². The molecule has 0 bridgehead atoms. The third-order valence-corrected chi connectivity index (χ3v) is 3.55. The van der Waals surface area contributed by atoms with E-state index in [1.165, 1.54) is 6.39 Å². The van der Waals surface area contributed by atoms with E-state index in [9.17, 15) is 4.79 Å². The van der Waals surface area contributed by atoms with Crippen LogP contribution in [0.25, 0.3) is 11.5 Å². The normalized spacial score (nSPS) is 10.9. The fourth-order valence-corrected chi connectivity index (χ4v) is 2.25. The molecule has 3 rings (SSSR count). The molecule has 8 nitrogen and oxygen atoms in total. The van der Waals surface area contributed by atoms with Gasteiger partial charge in [-0.15, -0.1) is 0 Å². The van der Waals surface area contributed by atoms with Gasteiger partial charge >= 0.3 is 0 Å². The first kappa shape index (κ1) is 16.7. The van der Waals surface area contributed by atoms with Crippen molar-refractivity contribution in [3.63, 3.8) is 0 Å². The molecule has 0 spiro atoms. The van der Waals surface area contributed by atoms with Crippen molar-refractivity contribution in [3.8, 4) is 17.2 Å². The van der Waals surface area contributed by atoms with Gasteiger partial charge in [-0.25, -0.2) is 4.98 Å². The second-order valence-corrected chi connectivity index (χ2v) is 5.65. The van der Waals surface area contributed by atoms with Gasteiger partial charge in [0.2, 0.25) is 0 Å². The Labute approximate surface area is 144 Å². The summed E-state index contributed by atoms with van der Waals surface area (Å²) >= 11 is 0. The average Bonchev–Trinajstić information content (AvgIpc) is 3.29. The molecule has 0 radical (unpaired) electrons. The minimum atomic E-state index is -0.340. The molecule has 1 N–H and O–H groups in total. The third-order valence-electron chi connectivity index (χ3n) is 3.55. The van der Waals surface area contributed by atoms with Crippen LogP contribution in [0.15, 0.2) is 39.6 Å². The molecule has 1 amide bonds. The zero-order valence-corrected chi connectivity index (χ0v) is 14.1. The molecule has 3 aromatic rings. The van der Waals surface area contributed by atoms with Crippen LogP contribution in [0.1, 0.15) is 41.8 Å². The first-order valence-corrected chi connectivity index (χ1v) is 7.77. The van der Waals surface area contributed by atoms with Gasteiger partial charge in [0, 0.05) is 11.5 Å². The summed E-state index contributed by atoms with van der Waals surface area (Å²) in [6.45, 7) is 3.98. The molecule has 0 saturated heterocycles. The summed E-state index contributed by atoms with van der Waals surface area (Å²) < 4.78 is 15.6. The first-order chi connectivity index (χ1) is 12.1. The van der Waals surface area contributed by atoms with Gasteiger partial charge in [-0.2, -0.15) is 4.98 Å². The molecule has 0 aliphatic carbocycles. The van der Waals surface area contributed by atoms with Gasteiger partial charge in [-0.05, 0) is 24.3 Å². The maximum atomic E-state index is 12.2. The van der Waals surface area contributed by atoms with Crippen molar-refractivity contribution in [2.24, 2.45) is 0 Å². The second-order valence-electron chi connectivity index (χ2n) is 5.65. The van der Waals surface area contributed by atoms with Crippen molar-refractivity contribution in [2.45, 2.75) is 26.3 Å². The smallest absolute Gasteiger partial charge is 0.273 e. The highest BCUT2D eigenvalue weighted by molar-refractivity contribution is 5.93. The van der Waals surface area contributed by atoms with E-state index in [1.54, 1.807) is 19.2 Å². The Balaban J connectivity index is 1.65. The number of ether oxygens (including phenoxy) is 1. The SMILES string of the molecule is COc1ccc(-c2nc(CNC(=O)c3ncoc3C(C)C)no2)cc1. The Morgan fingerprint density at radius 1 is 1.28 bits per heavy atom. The zero-order chi connectivity index (χ0) is 17.8. The lowest BCUT2D eigenvalue weighted by molar-refractivity contribution is 0.0942. The zero-order valence-electron chi connectivity index (χ0n) is 14.1. The summed E-state index contributed by atoms with van der Waals surface area (Å²) in [4.78, 5) is 20.5. The van der Waals surface area contributed by atoms with Crippen molar-refractivity contribution >= 4 is 5.91 Å². The maximum Gasteiger partial charge on any atom is 0.273 e. The number of carbonyl (C=O) groups excluding carboxylic acids is 1. The number of hydrogen-bond donors (Lipinski definition) is 1. The van der Waals surface area contributed by atoms with E-state index in [1.807, 2.05) is 26.0 Å². The van der Waals surface area contributed by atoms with Crippen molar-refractivity contribution in [3.05, 3.63) is 47.9 Å². The fraction of sp³-hybridized carbons (Fsp3) is 0.294. The lowest BCUT2D eigenvalue weighted by Gasteiger charge is -2.03. The highest BCUT2D eigenvalue weighted by atomic mass is 16.5. The second kappa shape index (κ2) is 7.16. The quantitative estimate of drug-likeness (QED) is 0.734. The predicted molar refractivity (Wildman–Crippen MR) is 88.0 cm³/mol. The molecule has 2 aromatic heterocycles. The molecular formula is C17H18N4O4. The van der Waals surface area contributed by atoms with E-state index >= 15 is 0 Å². The standard InChI is InChI=1S/C17H18N4O4/c1-10(2)15-14(19-9-24-15)16(22)18-8-13-20-17(25-21-13)11-4-6-12(23-3)7-5-11/h4-7,9-10H,8H2,1-3H3,(H,18,22). The molecule has 130 valence electrons. The summed E-state index contributed by atoms with van der Waals surface area (Å²) in [5.41, 5.74) is 1.04. The van der Waals surface area contributed by atoms with Crippen LogP contribution < -0.4 is 10.1 Å². The molecule has 0 atom stereocenters. The number of carbonyl (C=O) groups is 1. The molecule has 0 fully saturated rings. The number of amides is 1. The van der Waals surface area contributed by atoms with Crippen LogP contribution in [0.5, 0.6) is 5.75 Å². The number of rotatable bonds is 6. The molecule has 25 heavy (non-hydrogen) atoms. The summed E-state index contributed by atoms with van der Waals surface area (Å²) in [6.07, 6.45) is 1.26. The van der Waals surface area contributed by atoms with Crippen LogP contribution in [-0.4, -0.2) is 28.1 Å². The van der Waals surface area contributed by atoms with Crippen LogP contribution >= 0.6 is 0 Å². The average molecular weight is 342 g/mol. The summed E-state index contributed by atoms with van der Waals surface area (Å²) in [7, 11) is 1.60. The largest absolute Gasteiger partial charge is 0.497 e. The number of nitrogens with one attached hydrogen (secondary N) is 1. The van der Waals surface area contributed by atoms with Crippen LogP contribution in [0.3, 0.4) is 0 Å². The van der Waals surface area contributed by atoms with E-state index in [0.29, 0.717) is 17.5 Å². The van der Waals surface area contributed by atoms with E-state index in [0.717, 1.165) is 11.3 Å². The topological polar surface area (TPSA) is 103 Å². The fourth-order valence-electron chi connectivity index (χ4n) is 2.25. The summed E-state index contributed by atoms with van der Waals surface area (Å²) in [5, 5.41) is 6.58. The molecule has 2 heterocycles. The number of aromatic nitrogens is 3. The lowest BCUT2D eigenvalue weighted by atomic mass is 10.1. The molecule has 0 aliphatic heterocycles. The Bertz CT molecular complexity index is 852. The van der Waals surface area contributed by atoms with Gasteiger partial charge in [-0.3, -0.25) is 4.79 Å². The number of oxazole rings is 1. The summed E-state index contributed by atoms with van der Waals surface area (Å²) in [6, 6.07) is 7.25. The predicted octanol–water partition coefficient (Wildman–Crippen LogP) is 2.79. The minimum absolute atomic E-state index is 0.0649. The molecule has 0 unspecified atom stereocenters. The van der Waals surface area contributed by atoms with Gasteiger partial charge in [0.05, 0.1) is 13.7 Å². The Kier molecular flexibility index (Phi) is 4.78. The number of methoxy groups -OCH3 is 1. The number of hydrogen-bond acceptors (Lipinski definition) is 7. The molecule has 0 aliphatic rings. The van der Waals surface area contributed by atoms with Gasteiger partial charge in [0.25, 0.3) is 11.8 Å². The third kappa shape index (κ3) is 3.68. The Hall–Kier alpha value is -3.16. The van der Waals surface area contributed by atoms with E-state index in [4.69, 9.17) is 13.7 Å². The highest BCUT2D eigenvalue weighted by Crippen LogP contribution is 2.21. The molecule has 0 saturated carbocycles. The van der Waals surface area contributed by atoms with Crippen molar-refractivity contribution in [1.29, 1.82) is 0 Å². The maximum absolute atomic E-state index is 12.2. The van der Waals surface area contributed by atoms with Gasteiger partial charge in [0.15, 0.2) is 17.9 Å². The number of benzene rings is 1. The Morgan fingerprint density at radius 3 is 2.72 bits per heavy atom. The first-order valence-electron chi connectivity index (χ1n) is 7.77. The van der Waals surface area contributed by atoms with Crippen molar-refractivity contribution in [1.82, 2.24) is 20.4 Å². The van der Waals surface area contributed by atoms with Gasteiger partial charge < -0.3 is 19.0 Å². The molecular weight excluding hydrogens is 324 g/mol. The van der Waals surface area contributed by atoms with Crippen molar-refractivity contribution < 1.29 is 18.5 Å². The van der Waals surface area contributed by atoms with Crippen LogP contribution in [-0.2, 0) is 6.54 Å². The monoisotopic (exact) mass is 342 g/mol. The van der Waals surface area contributed by atoms with E-state index in [-0.39, 0.29) is 24.1 Å². The van der Waals surface area contributed by atoms with Gasteiger partial charge in [0.1, 0.15) is 11.5 Å². The van der Waals surface area contributed by atoms with Gasteiger partial charge in [-0.1, -0.05) is 19.0 Å². The van der Waals surface area contributed by atoms with Crippen molar-refractivity contribution in [2.75, 3.05) is 7.11 Å². The van der Waals surface area contributed by atoms with E-state index in [2.05, 4.69) is 20.4 Å². The molecule has 1 aromatic carbocycles. The lowest BCUT2D eigenvalue weighted by Crippen LogP contribution is -2.25.